The van der Waals surface area contributed by atoms with Gasteiger partial charge in [0.05, 0.1) is 24.7 Å². The molecule has 2 N–H and O–H groups in total. The summed E-state index contributed by atoms with van der Waals surface area (Å²) in [5.41, 5.74) is 2.56. The number of rotatable bonds is 8. The topological polar surface area (TPSA) is 93.3 Å². The van der Waals surface area contributed by atoms with Crippen molar-refractivity contribution in [1.82, 2.24) is 9.97 Å². The van der Waals surface area contributed by atoms with E-state index in [9.17, 15) is 9.59 Å². The number of hydrogen-bond donors (Lipinski definition) is 2. The number of carbonyl (C=O) groups is 1. The molecule has 1 unspecified atom stereocenters. The number of aromatic amines is 1. The SMILES string of the molecule is Cc1sc2nc(CCC(=O)Nc3cccc(COCC4CCCCO4)c3)[nH]c(=O)c2c1C. The number of carbonyl (C=O) groups excluding carboxylic acids is 1. The molecular formula is C24H29N3O4S. The third-order valence-electron chi connectivity index (χ3n) is 5.73. The molecule has 3 heterocycles. The number of H-pyrrole nitrogens is 1. The van der Waals surface area contributed by atoms with Crippen molar-refractivity contribution in [3.63, 3.8) is 0 Å². The number of benzene rings is 1. The predicted molar refractivity (Wildman–Crippen MR) is 126 cm³/mol. The molecule has 1 aliphatic heterocycles. The second kappa shape index (κ2) is 10.4. The lowest BCUT2D eigenvalue weighted by atomic mass is 10.1. The first-order valence-electron chi connectivity index (χ1n) is 11.1. The number of thiophene rings is 1. The van der Waals surface area contributed by atoms with Gasteiger partial charge in [0.15, 0.2) is 0 Å². The summed E-state index contributed by atoms with van der Waals surface area (Å²) in [6, 6.07) is 7.66. The fourth-order valence-electron chi connectivity index (χ4n) is 3.86. The molecule has 1 aromatic carbocycles. The Morgan fingerprint density at radius 1 is 1.34 bits per heavy atom. The molecule has 0 spiro atoms. The van der Waals surface area contributed by atoms with Crippen molar-refractivity contribution >= 4 is 33.1 Å². The van der Waals surface area contributed by atoms with Crippen molar-refractivity contribution < 1.29 is 14.3 Å². The van der Waals surface area contributed by atoms with Gasteiger partial charge in [-0.25, -0.2) is 4.98 Å². The van der Waals surface area contributed by atoms with Crippen LogP contribution in [0.2, 0.25) is 0 Å². The highest BCUT2D eigenvalue weighted by Crippen LogP contribution is 2.25. The van der Waals surface area contributed by atoms with Crippen LogP contribution >= 0.6 is 11.3 Å². The minimum atomic E-state index is -0.140. The number of aromatic nitrogens is 2. The van der Waals surface area contributed by atoms with Gasteiger partial charge in [-0.1, -0.05) is 12.1 Å². The first kappa shape index (κ1) is 22.6. The molecule has 0 bridgehead atoms. The maximum Gasteiger partial charge on any atom is 0.259 e. The highest BCUT2D eigenvalue weighted by Gasteiger charge is 2.14. The molecule has 2 aromatic heterocycles. The monoisotopic (exact) mass is 455 g/mol. The van der Waals surface area contributed by atoms with Crippen LogP contribution in [-0.2, 0) is 27.3 Å². The summed E-state index contributed by atoms with van der Waals surface area (Å²) >= 11 is 1.51. The van der Waals surface area contributed by atoms with Gasteiger partial charge >= 0.3 is 0 Å². The molecule has 170 valence electrons. The van der Waals surface area contributed by atoms with E-state index in [2.05, 4.69) is 15.3 Å². The fourth-order valence-corrected chi connectivity index (χ4v) is 4.91. The van der Waals surface area contributed by atoms with E-state index in [-0.39, 0.29) is 24.0 Å². The summed E-state index contributed by atoms with van der Waals surface area (Å²) in [6.07, 6.45) is 4.17. The van der Waals surface area contributed by atoms with Crippen LogP contribution in [0.3, 0.4) is 0 Å². The van der Waals surface area contributed by atoms with E-state index >= 15 is 0 Å². The molecule has 32 heavy (non-hydrogen) atoms. The lowest BCUT2D eigenvalue weighted by Gasteiger charge is -2.22. The lowest BCUT2D eigenvalue weighted by molar-refractivity contribution is -0.116. The van der Waals surface area contributed by atoms with Gasteiger partial charge in [0, 0.05) is 30.0 Å². The van der Waals surface area contributed by atoms with E-state index in [1.807, 2.05) is 38.1 Å². The van der Waals surface area contributed by atoms with Crippen molar-refractivity contribution in [2.75, 3.05) is 18.5 Å². The van der Waals surface area contributed by atoms with Gasteiger partial charge in [-0.3, -0.25) is 9.59 Å². The number of amides is 1. The summed E-state index contributed by atoms with van der Waals surface area (Å²) in [5.74, 6) is 0.408. The molecule has 3 aromatic rings. The number of fused-ring (bicyclic) bond motifs is 1. The molecule has 1 fully saturated rings. The third kappa shape index (κ3) is 5.62. The van der Waals surface area contributed by atoms with Gasteiger partial charge in [0.1, 0.15) is 10.7 Å². The molecule has 1 amide bonds. The zero-order valence-electron chi connectivity index (χ0n) is 18.5. The number of ether oxygens (including phenoxy) is 2. The average molecular weight is 456 g/mol. The van der Waals surface area contributed by atoms with Crippen molar-refractivity contribution in [3.8, 4) is 0 Å². The maximum atomic E-state index is 12.4. The Morgan fingerprint density at radius 3 is 3.03 bits per heavy atom. The first-order chi connectivity index (χ1) is 15.5. The number of anilines is 1. The Kier molecular flexibility index (Phi) is 7.34. The Bertz CT molecular complexity index is 1150. The van der Waals surface area contributed by atoms with Crippen LogP contribution in [0.15, 0.2) is 29.1 Å². The van der Waals surface area contributed by atoms with Crippen LogP contribution in [0.25, 0.3) is 10.2 Å². The largest absolute Gasteiger partial charge is 0.376 e. The van der Waals surface area contributed by atoms with E-state index in [4.69, 9.17) is 9.47 Å². The van der Waals surface area contributed by atoms with Gasteiger partial charge in [-0.2, -0.15) is 0 Å². The van der Waals surface area contributed by atoms with E-state index in [1.165, 1.54) is 17.8 Å². The van der Waals surface area contributed by atoms with Crippen molar-refractivity contribution in [3.05, 3.63) is 56.4 Å². The Labute approximate surface area is 191 Å². The van der Waals surface area contributed by atoms with E-state index in [1.54, 1.807) is 0 Å². The van der Waals surface area contributed by atoms with Crippen LogP contribution in [0.1, 0.15) is 47.5 Å². The van der Waals surface area contributed by atoms with Crippen LogP contribution in [0, 0.1) is 13.8 Å². The van der Waals surface area contributed by atoms with Crippen LogP contribution in [-0.4, -0.2) is 35.2 Å². The van der Waals surface area contributed by atoms with Gasteiger partial charge in [0.2, 0.25) is 5.91 Å². The van der Waals surface area contributed by atoms with E-state index < -0.39 is 0 Å². The van der Waals surface area contributed by atoms with Crippen molar-refractivity contribution in [2.45, 2.75) is 58.7 Å². The Hall–Kier alpha value is -2.55. The molecule has 1 saturated heterocycles. The average Bonchev–Trinajstić information content (AvgIpc) is 3.07. The second-order valence-corrected chi connectivity index (χ2v) is 9.43. The summed E-state index contributed by atoms with van der Waals surface area (Å²) in [4.78, 5) is 34.0. The molecule has 0 aliphatic carbocycles. The van der Waals surface area contributed by atoms with Gasteiger partial charge in [-0.15, -0.1) is 11.3 Å². The standard InChI is InChI=1S/C24H29N3O4S/c1-15-16(2)32-24-22(15)23(29)26-20(27-24)9-10-21(28)25-18-7-5-6-17(12-18)13-30-14-19-8-3-4-11-31-19/h5-7,12,19H,3-4,8-11,13-14H2,1-2H3,(H,25,28)(H,26,27,29). The van der Waals surface area contributed by atoms with Crippen LogP contribution in [0.5, 0.6) is 0 Å². The van der Waals surface area contributed by atoms with Gasteiger partial charge in [-0.05, 0) is 56.4 Å². The second-order valence-electron chi connectivity index (χ2n) is 8.23. The fraction of sp³-hybridized carbons (Fsp3) is 0.458. The zero-order valence-corrected chi connectivity index (χ0v) is 19.3. The number of aryl methyl sites for hydroxylation is 3. The lowest BCUT2D eigenvalue weighted by Crippen LogP contribution is -2.24. The highest BCUT2D eigenvalue weighted by molar-refractivity contribution is 7.18. The van der Waals surface area contributed by atoms with E-state index in [0.29, 0.717) is 30.8 Å². The summed E-state index contributed by atoms with van der Waals surface area (Å²) in [6.45, 7) is 5.81. The summed E-state index contributed by atoms with van der Waals surface area (Å²) < 4.78 is 11.5. The zero-order chi connectivity index (χ0) is 22.5. The van der Waals surface area contributed by atoms with Crippen molar-refractivity contribution in [1.29, 1.82) is 0 Å². The molecule has 0 radical (unpaired) electrons. The normalized spacial score (nSPS) is 16.4. The molecule has 0 saturated carbocycles. The molecule has 7 nitrogen and oxygen atoms in total. The highest BCUT2D eigenvalue weighted by atomic mass is 32.1. The van der Waals surface area contributed by atoms with Gasteiger partial charge < -0.3 is 19.8 Å². The maximum absolute atomic E-state index is 12.4. The van der Waals surface area contributed by atoms with Crippen LogP contribution < -0.4 is 10.9 Å². The van der Waals surface area contributed by atoms with E-state index in [0.717, 1.165) is 46.0 Å². The minimum Gasteiger partial charge on any atom is -0.376 e. The summed E-state index contributed by atoms with van der Waals surface area (Å²) in [5, 5.41) is 3.57. The minimum absolute atomic E-state index is 0.125. The first-order valence-corrected chi connectivity index (χ1v) is 11.9. The van der Waals surface area contributed by atoms with Crippen molar-refractivity contribution in [2.24, 2.45) is 0 Å². The molecular weight excluding hydrogens is 426 g/mol. The molecule has 1 aliphatic rings. The predicted octanol–water partition coefficient (Wildman–Crippen LogP) is 4.26. The Morgan fingerprint density at radius 2 is 2.22 bits per heavy atom. The molecule has 1 atom stereocenters. The Balaban J connectivity index is 1.29. The summed E-state index contributed by atoms with van der Waals surface area (Å²) in [7, 11) is 0. The number of nitrogens with one attached hydrogen (secondary N) is 2. The quantitative estimate of drug-likeness (QED) is 0.529. The smallest absolute Gasteiger partial charge is 0.259 e. The van der Waals surface area contributed by atoms with Crippen LogP contribution in [0.4, 0.5) is 5.69 Å². The molecule has 4 rings (SSSR count). The van der Waals surface area contributed by atoms with Gasteiger partial charge in [0.25, 0.3) is 5.56 Å². The number of hydrogen-bond acceptors (Lipinski definition) is 6. The number of nitrogens with zero attached hydrogens (tertiary/aromatic N) is 1. The third-order valence-corrected chi connectivity index (χ3v) is 6.84. The molecule has 8 heteroatoms.